The summed E-state index contributed by atoms with van der Waals surface area (Å²) in [5.74, 6) is 0. The van der Waals surface area contributed by atoms with E-state index < -0.39 is 0 Å². The van der Waals surface area contributed by atoms with Crippen LogP contribution in [0.1, 0.15) is 37.8 Å². The van der Waals surface area contributed by atoms with Gasteiger partial charge in [0.2, 0.25) is 0 Å². The van der Waals surface area contributed by atoms with Gasteiger partial charge in [-0.15, -0.1) is 0 Å². The normalized spacial score (nSPS) is 12.0. The standard InChI is InChI=1S/C14H22Si/c1-3-5-12(2)14-9-7-13(8-10-14)6-4-11-15/h5,7-10H,3-4,6,11H2,1-2,15H3/b12-5+. The van der Waals surface area contributed by atoms with E-state index in [2.05, 4.69) is 44.2 Å². The van der Waals surface area contributed by atoms with Crippen LogP contribution in [-0.4, -0.2) is 10.2 Å². The highest BCUT2D eigenvalue weighted by molar-refractivity contribution is 6.08. The van der Waals surface area contributed by atoms with E-state index in [4.69, 9.17) is 0 Å². The highest BCUT2D eigenvalue weighted by atomic mass is 28.1. The van der Waals surface area contributed by atoms with Crippen LogP contribution < -0.4 is 0 Å². The van der Waals surface area contributed by atoms with Gasteiger partial charge >= 0.3 is 0 Å². The van der Waals surface area contributed by atoms with E-state index >= 15 is 0 Å². The first-order valence-electron chi connectivity index (χ1n) is 6.04. The van der Waals surface area contributed by atoms with E-state index in [1.165, 1.54) is 45.8 Å². The molecular weight excluding hydrogens is 196 g/mol. The van der Waals surface area contributed by atoms with Gasteiger partial charge in [-0.25, -0.2) is 0 Å². The molecule has 0 aromatic heterocycles. The number of allylic oxidation sites excluding steroid dienone is 2. The quantitative estimate of drug-likeness (QED) is 0.666. The predicted octanol–water partition coefficient (Wildman–Crippen LogP) is 3.22. The Morgan fingerprint density at radius 3 is 2.47 bits per heavy atom. The lowest BCUT2D eigenvalue weighted by Gasteiger charge is -2.04. The van der Waals surface area contributed by atoms with Crippen LogP contribution >= 0.6 is 0 Å². The van der Waals surface area contributed by atoms with Gasteiger partial charge in [0, 0.05) is 10.2 Å². The Morgan fingerprint density at radius 1 is 1.27 bits per heavy atom. The van der Waals surface area contributed by atoms with Crippen molar-refractivity contribution in [2.75, 3.05) is 0 Å². The van der Waals surface area contributed by atoms with Crippen molar-refractivity contribution in [2.24, 2.45) is 0 Å². The van der Waals surface area contributed by atoms with E-state index in [9.17, 15) is 0 Å². The molecule has 0 spiro atoms. The van der Waals surface area contributed by atoms with Crippen LogP contribution in [0, 0.1) is 0 Å². The first-order chi connectivity index (χ1) is 7.27. The van der Waals surface area contributed by atoms with Crippen LogP contribution in [0.25, 0.3) is 5.57 Å². The lowest BCUT2D eigenvalue weighted by molar-refractivity contribution is 0.919. The second-order valence-corrected chi connectivity index (χ2v) is 5.10. The maximum Gasteiger partial charge on any atom is 0.00281 e. The first-order valence-corrected chi connectivity index (χ1v) is 7.45. The zero-order valence-electron chi connectivity index (χ0n) is 10.2. The van der Waals surface area contributed by atoms with Gasteiger partial charge < -0.3 is 0 Å². The molecule has 0 aliphatic rings. The summed E-state index contributed by atoms with van der Waals surface area (Å²) in [7, 11) is 1.34. The number of aryl methyl sites for hydroxylation is 1. The van der Waals surface area contributed by atoms with Gasteiger partial charge in [-0.1, -0.05) is 49.7 Å². The Kier molecular flexibility index (Phi) is 5.41. The van der Waals surface area contributed by atoms with E-state index in [1.807, 2.05) is 0 Å². The zero-order valence-corrected chi connectivity index (χ0v) is 12.2. The molecule has 0 saturated carbocycles. The third-order valence-electron chi connectivity index (χ3n) is 2.74. The summed E-state index contributed by atoms with van der Waals surface area (Å²) < 4.78 is 0. The fourth-order valence-electron chi connectivity index (χ4n) is 1.74. The molecule has 0 fully saturated rings. The molecule has 0 aliphatic carbocycles. The summed E-state index contributed by atoms with van der Waals surface area (Å²) in [6, 6.07) is 10.5. The fourth-order valence-corrected chi connectivity index (χ4v) is 2.09. The molecular formula is C14H22Si. The van der Waals surface area contributed by atoms with Gasteiger partial charge in [0.05, 0.1) is 0 Å². The van der Waals surface area contributed by atoms with Crippen molar-refractivity contribution in [3.63, 3.8) is 0 Å². The Balaban J connectivity index is 2.67. The molecule has 0 atom stereocenters. The lowest BCUT2D eigenvalue weighted by atomic mass is 10.0. The molecule has 1 rings (SSSR count). The van der Waals surface area contributed by atoms with Crippen LogP contribution in [0.3, 0.4) is 0 Å². The van der Waals surface area contributed by atoms with E-state index in [1.54, 1.807) is 0 Å². The molecule has 15 heavy (non-hydrogen) atoms. The third kappa shape index (κ3) is 4.04. The molecule has 82 valence electrons. The highest BCUT2D eigenvalue weighted by Crippen LogP contribution is 2.16. The maximum atomic E-state index is 2.28. The van der Waals surface area contributed by atoms with Crippen molar-refractivity contribution in [3.8, 4) is 0 Å². The predicted molar refractivity (Wildman–Crippen MR) is 73.5 cm³/mol. The van der Waals surface area contributed by atoms with Gasteiger partial charge in [0.25, 0.3) is 0 Å². The van der Waals surface area contributed by atoms with E-state index in [-0.39, 0.29) is 0 Å². The average Bonchev–Trinajstić information content (AvgIpc) is 2.27. The second kappa shape index (κ2) is 6.62. The summed E-state index contributed by atoms with van der Waals surface area (Å²) in [5, 5.41) is 0. The molecule has 0 nitrogen and oxygen atoms in total. The van der Waals surface area contributed by atoms with Crippen molar-refractivity contribution < 1.29 is 0 Å². The summed E-state index contributed by atoms with van der Waals surface area (Å²) in [4.78, 5) is 0. The molecule has 0 bridgehead atoms. The monoisotopic (exact) mass is 218 g/mol. The number of hydrogen-bond donors (Lipinski definition) is 0. The second-order valence-electron chi connectivity index (χ2n) is 4.10. The molecule has 0 heterocycles. The van der Waals surface area contributed by atoms with Crippen LogP contribution in [0.5, 0.6) is 0 Å². The summed E-state index contributed by atoms with van der Waals surface area (Å²) in [6.07, 6.45) is 6.01. The summed E-state index contributed by atoms with van der Waals surface area (Å²) in [5.41, 5.74) is 4.25. The van der Waals surface area contributed by atoms with E-state index in [0.29, 0.717) is 0 Å². The summed E-state index contributed by atoms with van der Waals surface area (Å²) in [6.45, 7) is 4.37. The Labute approximate surface area is 96.8 Å². The number of hydrogen-bond acceptors (Lipinski definition) is 0. The minimum Gasteiger partial charge on any atom is -0.0813 e. The van der Waals surface area contributed by atoms with Crippen molar-refractivity contribution in [2.45, 2.75) is 39.2 Å². The first kappa shape index (κ1) is 12.2. The zero-order chi connectivity index (χ0) is 11.1. The van der Waals surface area contributed by atoms with Gasteiger partial charge in [0.15, 0.2) is 0 Å². The fraction of sp³-hybridized carbons (Fsp3) is 0.429. The molecule has 0 saturated heterocycles. The highest BCUT2D eigenvalue weighted by Gasteiger charge is 1.96. The molecule has 0 unspecified atom stereocenters. The van der Waals surface area contributed by atoms with Gasteiger partial charge in [-0.3, -0.25) is 0 Å². The smallest absolute Gasteiger partial charge is 0.00281 e. The van der Waals surface area contributed by atoms with Crippen molar-refractivity contribution >= 4 is 15.8 Å². The Bertz CT molecular complexity index is 309. The van der Waals surface area contributed by atoms with Crippen molar-refractivity contribution in [1.29, 1.82) is 0 Å². The lowest BCUT2D eigenvalue weighted by Crippen LogP contribution is -1.86. The molecule has 1 aromatic rings. The molecule has 0 radical (unpaired) electrons. The minimum atomic E-state index is 1.12. The van der Waals surface area contributed by atoms with Crippen LogP contribution in [0.2, 0.25) is 6.04 Å². The number of rotatable bonds is 5. The average molecular weight is 218 g/mol. The van der Waals surface area contributed by atoms with Gasteiger partial charge in [-0.05, 0) is 36.5 Å². The topological polar surface area (TPSA) is 0 Å². The van der Waals surface area contributed by atoms with Crippen molar-refractivity contribution in [1.82, 2.24) is 0 Å². The molecule has 1 aromatic carbocycles. The SMILES string of the molecule is CC/C=C(\C)c1ccc(CCC[SiH3])cc1. The van der Waals surface area contributed by atoms with Gasteiger partial charge in [0.1, 0.15) is 0 Å². The minimum absolute atomic E-state index is 1.12. The van der Waals surface area contributed by atoms with Crippen LogP contribution in [0.15, 0.2) is 30.3 Å². The maximum absolute atomic E-state index is 2.28. The van der Waals surface area contributed by atoms with Crippen LogP contribution in [0.4, 0.5) is 0 Å². The van der Waals surface area contributed by atoms with Gasteiger partial charge in [-0.2, -0.15) is 0 Å². The Hall–Kier alpha value is -0.823. The molecule has 0 aliphatic heterocycles. The van der Waals surface area contributed by atoms with E-state index in [0.717, 1.165) is 6.42 Å². The van der Waals surface area contributed by atoms with Crippen molar-refractivity contribution in [3.05, 3.63) is 41.5 Å². The molecule has 1 heteroatoms. The van der Waals surface area contributed by atoms with Crippen LogP contribution in [-0.2, 0) is 6.42 Å². The summed E-state index contributed by atoms with van der Waals surface area (Å²) >= 11 is 0. The number of benzene rings is 1. The molecule has 0 N–H and O–H groups in total. The molecule has 0 amide bonds. The largest absolute Gasteiger partial charge is 0.0813 e. The third-order valence-corrected chi connectivity index (χ3v) is 3.45. The Morgan fingerprint density at radius 2 is 1.93 bits per heavy atom.